The molecule has 0 aliphatic heterocycles. The average Bonchev–Trinajstić information content (AvgIpc) is 2.53. The first-order chi connectivity index (χ1) is 10.5. The smallest absolute Gasteiger partial charge is 0.275 e. The minimum atomic E-state index is -0.444. The second-order valence-electron chi connectivity index (χ2n) is 4.49. The third-order valence-electron chi connectivity index (χ3n) is 2.99. The second kappa shape index (κ2) is 7.04. The number of amides is 1. The Balaban J connectivity index is 2.17. The number of methoxy groups -OCH3 is 1. The van der Waals surface area contributed by atoms with E-state index < -0.39 is 5.91 Å². The van der Waals surface area contributed by atoms with Crippen molar-refractivity contribution in [2.24, 2.45) is 5.10 Å². The van der Waals surface area contributed by atoms with Crippen LogP contribution in [0, 0.1) is 5.82 Å². The molecule has 0 atom stereocenters. The minimum absolute atomic E-state index is 0.283. The second-order valence-corrected chi connectivity index (χ2v) is 4.93. The molecule has 0 fully saturated rings. The standard InChI is InChI=1S/C16H14ClFN2O2/c1-10(11-3-6-13(18)7-4-11)19-20-16(21)14-9-12(17)5-8-15(14)22-2/h3-9H,1-2H3,(H,20,21)/b19-10+. The van der Waals surface area contributed by atoms with Crippen LogP contribution < -0.4 is 10.2 Å². The molecule has 0 aliphatic carbocycles. The molecule has 22 heavy (non-hydrogen) atoms. The zero-order chi connectivity index (χ0) is 16.1. The number of halogens is 2. The lowest BCUT2D eigenvalue weighted by atomic mass is 10.1. The largest absolute Gasteiger partial charge is 0.496 e. The Morgan fingerprint density at radius 3 is 2.55 bits per heavy atom. The molecule has 0 aliphatic rings. The summed E-state index contributed by atoms with van der Waals surface area (Å²) in [5, 5.41) is 4.42. The number of hydrogen-bond acceptors (Lipinski definition) is 3. The molecule has 0 saturated heterocycles. The maximum atomic E-state index is 12.9. The fourth-order valence-electron chi connectivity index (χ4n) is 1.81. The van der Waals surface area contributed by atoms with Crippen molar-refractivity contribution in [3.63, 3.8) is 0 Å². The molecule has 0 aromatic heterocycles. The monoisotopic (exact) mass is 320 g/mol. The molecular formula is C16H14ClFN2O2. The Kier molecular flexibility index (Phi) is 5.12. The third-order valence-corrected chi connectivity index (χ3v) is 3.23. The van der Waals surface area contributed by atoms with E-state index in [0.717, 1.165) is 0 Å². The number of ether oxygens (including phenoxy) is 1. The summed E-state index contributed by atoms with van der Waals surface area (Å²) in [7, 11) is 1.47. The van der Waals surface area contributed by atoms with E-state index in [2.05, 4.69) is 10.5 Å². The Labute approximate surface area is 132 Å². The molecule has 1 amide bonds. The highest BCUT2D eigenvalue weighted by Gasteiger charge is 2.12. The lowest BCUT2D eigenvalue weighted by molar-refractivity contribution is 0.0952. The van der Waals surface area contributed by atoms with E-state index in [1.807, 2.05) is 0 Å². The van der Waals surface area contributed by atoms with Gasteiger partial charge in [-0.25, -0.2) is 9.82 Å². The molecular weight excluding hydrogens is 307 g/mol. The summed E-state index contributed by atoms with van der Waals surface area (Å²) in [6, 6.07) is 10.6. The van der Waals surface area contributed by atoms with Crippen LogP contribution >= 0.6 is 11.6 Å². The van der Waals surface area contributed by atoms with Crippen molar-refractivity contribution in [2.75, 3.05) is 7.11 Å². The van der Waals surface area contributed by atoms with E-state index in [1.54, 1.807) is 31.2 Å². The van der Waals surface area contributed by atoms with Crippen LogP contribution in [0.1, 0.15) is 22.8 Å². The van der Waals surface area contributed by atoms with Gasteiger partial charge in [0.1, 0.15) is 11.6 Å². The highest BCUT2D eigenvalue weighted by atomic mass is 35.5. The van der Waals surface area contributed by atoms with Gasteiger partial charge in [0.05, 0.1) is 18.4 Å². The van der Waals surface area contributed by atoms with Crippen molar-refractivity contribution < 1.29 is 13.9 Å². The third kappa shape index (κ3) is 3.83. The highest BCUT2D eigenvalue weighted by molar-refractivity contribution is 6.31. The fourth-order valence-corrected chi connectivity index (χ4v) is 1.98. The van der Waals surface area contributed by atoms with Crippen LogP contribution in [0.3, 0.4) is 0 Å². The van der Waals surface area contributed by atoms with Crippen molar-refractivity contribution in [3.8, 4) is 5.75 Å². The molecule has 0 unspecified atom stereocenters. The zero-order valence-corrected chi connectivity index (χ0v) is 12.8. The summed E-state index contributed by atoms with van der Waals surface area (Å²) < 4.78 is 18.0. The van der Waals surface area contributed by atoms with Gasteiger partial charge < -0.3 is 4.74 Å². The van der Waals surface area contributed by atoms with E-state index in [-0.39, 0.29) is 11.4 Å². The fraction of sp³-hybridized carbons (Fsp3) is 0.125. The van der Waals surface area contributed by atoms with Crippen LogP contribution in [0.4, 0.5) is 4.39 Å². The lowest BCUT2D eigenvalue weighted by Gasteiger charge is -2.08. The topological polar surface area (TPSA) is 50.7 Å². The molecule has 1 N–H and O–H groups in total. The Hall–Kier alpha value is -2.40. The highest BCUT2D eigenvalue weighted by Crippen LogP contribution is 2.22. The van der Waals surface area contributed by atoms with Crippen LogP contribution in [-0.4, -0.2) is 18.7 Å². The molecule has 2 aromatic rings. The van der Waals surface area contributed by atoms with Gasteiger partial charge in [-0.2, -0.15) is 5.10 Å². The van der Waals surface area contributed by atoms with Gasteiger partial charge in [-0.15, -0.1) is 0 Å². The molecule has 2 aromatic carbocycles. The molecule has 2 rings (SSSR count). The molecule has 0 radical (unpaired) electrons. The van der Waals surface area contributed by atoms with Crippen LogP contribution in [0.25, 0.3) is 0 Å². The summed E-state index contributed by atoms with van der Waals surface area (Å²) in [6.07, 6.45) is 0. The van der Waals surface area contributed by atoms with Gasteiger partial charge >= 0.3 is 0 Å². The van der Waals surface area contributed by atoms with Crippen molar-refractivity contribution in [1.29, 1.82) is 0 Å². The van der Waals surface area contributed by atoms with Crippen molar-refractivity contribution in [1.82, 2.24) is 5.43 Å². The summed E-state index contributed by atoms with van der Waals surface area (Å²) in [5.41, 5.74) is 3.97. The normalized spacial score (nSPS) is 11.2. The maximum absolute atomic E-state index is 12.9. The molecule has 0 spiro atoms. The van der Waals surface area contributed by atoms with E-state index in [4.69, 9.17) is 16.3 Å². The molecule has 0 saturated carbocycles. The van der Waals surface area contributed by atoms with E-state index in [9.17, 15) is 9.18 Å². The predicted molar refractivity (Wildman–Crippen MR) is 84.1 cm³/mol. The van der Waals surface area contributed by atoms with Crippen LogP contribution in [-0.2, 0) is 0 Å². The first-order valence-electron chi connectivity index (χ1n) is 6.45. The van der Waals surface area contributed by atoms with Gasteiger partial charge in [0.2, 0.25) is 0 Å². The predicted octanol–water partition coefficient (Wildman–Crippen LogP) is 3.64. The van der Waals surface area contributed by atoms with Gasteiger partial charge in [0, 0.05) is 5.02 Å². The minimum Gasteiger partial charge on any atom is -0.496 e. The molecule has 6 heteroatoms. The molecule has 114 valence electrons. The van der Waals surface area contributed by atoms with E-state index in [1.165, 1.54) is 25.3 Å². The summed E-state index contributed by atoms with van der Waals surface area (Å²) >= 11 is 5.88. The Morgan fingerprint density at radius 1 is 1.23 bits per heavy atom. The summed E-state index contributed by atoms with van der Waals surface area (Å²) in [4.78, 5) is 12.1. The van der Waals surface area contributed by atoms with Crippen molar-refractivity contribution in [3.05, 3.63) is 64.4 Å². The van der Waals surface area contributed by atoms with Gasteiger partial charge in [-0.1, -0.05) is 23.7 Å². The van der Waals surface area contributed by atoms with Crippen LogP contribution in [0.5, 0.6) is 5.75 Å². The first kappa shape index (κ1) is 16.0. The summed E-state index contributed by atoms with van der Waals surface area (Å²) in [5.74, 6) is -0.374. The van der Waals surface area contributed by atoms with Gasteiger partial charge in [0.25, 0.3) is 5.91 Å². The maximum Gasteiger partial charge on any atom is 0.275 e. The Bertz CT molecular complexity index is 715. The Morgan fingerprint density at radius 2 is 1.91 bits per heavy atom. The first-order valence-corrected chi connectivity index (χ1v) is 6.83. The molecule has 0 heterocycles. The average molecular weight is 321 g/mol. The number of rotatable bonds is 4. The van der Waals surface area contributed by atoms with E-state index in [0.29, 0.717) is 22.0 Å². The van der Waals surface area contributed by atoms with Gasteiger partial charge in [0.15, 0.2) is 0 Å². The van der Waals surface area contributed by atoms with Crippen LogP contribution in [0.2, 0.25) is 5.02 Å². The van der Waals surface area contributed by atoms with Crippen molar-refractivity contribution >= 4 is 23.2 Å². The van der Waals surface area contributed by atoms with Crippen molar-refractivity contribution in [2.45, 2.75) is 6.92 Å². The number of hydrogen-bond donors (Lipinski definition) is 1. The quantitative estimate of drug-likeness (QED) is 0.690. The number of nitrogens with one attached hydrogen (secondary N) is 1. The number of hydrazone groups is 1. The molecule has 4 nitrogen and oxygen atoms in total. The number of carbonyl (C=O) groups is 1. The number of nitrogens with zero attached hydrogens (tertiary/aromatic N) is 1. The number of carbonyl (C=O) groups excluding carboxylic acids is 1. The van der Waals surface area contributed by atoms with Gasteiger partial charge in [-0.05, 0) is 42.8 Å². The SMILES string of the molecule is COc1ccc(Cl)cc1C(=O)N/N=C(\C)c1ccc(F)cc1. The van der Waals surface area contributed by atoms with Gasteiger partial charge in [-0.3, -0.25) is 4.79 Å². The molecule has 0 bridgehead atoms. The van der Waals surface area contributed by atoms with Crippen LogP contribution in [0.15, 0.2) is 47.6 Å². The zero-order valence-electron chi connectivity index (χ0n) is 12.1. The van der Waals surface area contributed by atoms with E-state index >= 15 is 0 Å². The summed E-state index contributed by atoms with van der Waals surface area (Å²) in [6.45, 7) is 1.71. The number of benzene rings is 2. The lowest BCUT2D eigenvalue weighted by Crippen LogP contribution is -2.20.